The van der Waals surface area contributed by atoms with Crippen molar-refractivity contribution in [1.29, 1.82) is 0 Å². The molecular formula is C13H17FN4O. The number of pyridine rings is 1. The second-order valence-electron chi connectivity index (χ2n) is 4.24. The Bertz CT molecular complexity index is 512. The lowest BCUT2D eigenvalue weighted by molar-refractivity contribution is 0.355. The number of hydrogen-bond acceptors (Lipinski definition) is 5. The second-order valence-corrected chi connectivity index (χ2v) is 4.24. The van der Waals surface area contributed by atoms with Crippen molar-refractivity contribution >= 4 is 0 Å². The largest absolute Gasteiger partial charge is 0.339 e. The molecule has 0 amide bonds. The number of halogens is 1. The highest BCUT2D eigenvalue weighted by Gasteiger charge is 2.14. The van der Waals surface area contributed by atoms with E-state index in [9.17, 15) is 4.39 Å². The van der Waals surface area contributed by atoms with Crippen LogP contribution in [0.25, 0.3) is 11.5 Å². The normalized spacial score (nSPS) is 12.6. The predicted molar refractivity (Wildman–Crippen MR) is 68.9 cm³/mol. The monoisotopic (exact) mass is 264 g/mol. The van der Waals surface area contributed by atoms with Gasteiger partial charge in [0.2, 0.25) is 11.7 Å². The molecule has 0 fully saturated rings. The fourth-order valence-electron chi connectivity index (χ4n) is 1.81. The minimum absolute atomic E-state index is 0.319. The maximum Gasteiger partial charge on any atom is 0.228 e. The molecule has 1 atom stereocenters. The van der Waals surface area contributed by atoms with Crippen molar-refractivity contribution in [2.45, 2.75) is 32.7 Å². The average molecular weight is 264 g/mol. The Morgan fingerprint density at radius 3 is 2.84 bits per heavy atom. The average Bonchev–Trinajstić information content (AvgIpc) is 2.87. The fraction of sp³-hybridized carbons (Fsp3) is 0.462. The van der Waals surface area contributed by atoms with Gasteiger partial charge in [-0.2, -0.15) is 4.98 Å². The second kappa shape index (κ2) is 6.38. The molecule has 0 aromatic carbocycles. The molecule has 0 saturated heterocycles. The third-order valence-corrected chi connectivity index (χ3v) is 2.83. The maximum absolute atomic E-state index is 12.8. The Kier molecular flexibility index (Phi) is 4.57. The lowest BCUT2D eigenvalue weighted by atomic mass is 10.1. The van der Waals surface area contributed by atoms with Gasteiger partial charge in [-0.15, -0.1) is 0 Å². The topological polar surface area (TPSA) is 63.8 Å². The van der Waals surface area contributed by atoms with Crippen LogP contribution in [0.2, 0.25) is 0 Å². The number of aromatic nitrogens is 3. The van der Waals surface area contributed by atoms with E-state index in [1.165, 1.54) is 12.1 Å². The molecule has 102 valence electrons. The molecule has 0 spiro atoms. The Morgan fingerprint density at radius 1 is 1.37 bits per heavy atom. The molecule has 0 radical (unpaired) electrons. The van der Waals surface area contributed by atoms with Crippen LogP contribution in [-0.4, -0.2) is 27.7 Å². The van der Waals surface area contributed by atoms with Gasteiger partial charge in [0, 0.05) is 12.5 Å². The molecule has 5 nitrogen and oxygen atoms in total. The standard InChI is InChI=1S/C13H17FN4O/c1-3-10(15-4-2)7-12-17-13(18-19-12)11-6-5-9(14)8-16-11/h5-6,8,10,15H,3-4,7H2,1-2H3. The molecule has 6 heteroatoms. The van der Waals surface area contributed by atoms with E-state index in [0.29, 0.717) is 29.9 Å². The van der Waals surface area contributed by atoms with Crippen molar-refractivity contribution in [3.8, 4) is 11.5 Å². The highest BCUT2D eigenvalue weighted by atomic mass is 19.1. The fourth-order valence-corrected chi connectivity index (χ4v) is 1.81. The van der Waals surface area contributed by atoms with Gasteiger partial charge >= 0.3 is 0 Å². The number of likely N-dealkylation sites (N-methyl/N-ethyl adjacent to an activating group) is 1. The van der Waals surface area contributed by atoms with Crippen LogP contribution in [0.5, 0.6) is 0 Å². The number of nitrogens with one attached hydrogen (secondary N) is 1. The predicted octanol–water partition coefficient (Wildman–Crippen LogP) is 2.20. The van der Waals surface area contributed by atoms with E-state index >= 15 is 0 Å². The zero-order valence-electron chi connectivity index (χ0n) is 11.1. The highest BCUT2D eigenvalue weighted by Crippen LogP contribution is 2.14. The number of hydrogen-bond donors (Lipinski definition) is 1. The van der Waals surface area contributed by atoms with Gasteiger partial charge in [-0.1, -0.05) is 19.0 Å². The van der Waals surface area contributed by atoms with Crippen LogP contribution in [0, 0.1) is 5.82 Å². The molecule has 0 bridgehead atoms. The van der Waals surface area contributed by atoms with Gasteiger partial charge in [-0.25, -0.2) is 9.37 Å². The van der Waals surface area contributed by atoms with E-state index in [2.05, 4.69) is 34.3 Å². The van der Waals surface area contributed by atoms with Crippen LogP contribution in [0.3, 0.4) is 0 Å². The van der Waals surface area contributed by atoms with Gasteiger partial charge in [0.1, 0.15) is 11.5 Å². The molecule has 1 unspecified atom stereocenters. The summed E-state index contributed by atoms with van der Waals surface area (Å²) < 4.78 is 18.0. The van der Waals surface area contributed by atoms with E-state index in [1.807, 2.05) is 0 Å². The third-order valence-electron chi connectivity index (χ3n) is 2.83. The van der Waals surface area contributed by atoms with Gasteiger partial charge in [-0.05, 0) is 25.1 Å². The number of rotatable bonds is 6. The van der Waals surface area contributed by atoms with Gasteiger partial charge < -0.3 is 9.84 Å². The van der Waals surface area contributed by atoms with Crippen molar-refractivity contribution in [2.24, 2.45) is 0 Å². The van der Waals surface area contributed by atoms with Crippen molar-refractivity contribution in [1.82, 2.24) is 20.4 Å². The summed E-state index contributed by atoms with van der Waals surface area (Å²) >= 11 is 0. The van der Waals surface area contributed by atoms with E-state index in [4.69, 9.17) is 4.52 Å². The Morgan fingerprint density at radius 2 is 2.21 bits per heavy atom. The van der Waals surface area contributed by atoms with Gasteiger partial charge in [0.15, 0.2) is 0 Å². The first kappa shape index (κ1) is 13.6. The van der Waals surface area contributed by atoms with Crippen molar-refractivity contribution < 1.29 is 8.91 Å². The smallest absolute Gasteiger partial charge is 0.228 e. The Labute approximate surface area is 111 Å². The summed E-state index contributed by atoms with van der Waals surface area (Å²) in [5, 5.41) is 7.21. The van der Waals surface area contributed by atoms with Crippen LogP contribution < -0.4 is 5.32 Å². The first-order chi connectivity index (χ1) is 9.22. The summed E-state index contributed by atoms with van der Waals surface area (Å²) in [5.41, 5.74) is 0.507. The molecule has 19 heavy (non-hydrogen) atoms. The van der Waals surface area contributed by atoms with Crippen molar-refractivity contribution in [2.75, 3.05) is 6.54 Å². The molecule has 0 aliphatic rings. The summed E-state index contributed by atoms with van der Waals surface area (Å²) in [4.78, 5) is 8.20. The third kappa shape index (κ3) is 3.57. The summed E-state index contributed by atoms with van der Waals surface area (Å²) in [6.45, 7) is 5.06. The molecule has 2 rings (SSSR count). The SMILES string of the molecule is CCNC(CC)Cc1nc(-c2ccc(F)cn2)no1. The zero-order chi connectivity index (χ0) is 13.7. The molecule has 0 saturated carbocycles. The van der Waals surface area contributed by atoms with Crippen LogP contribution >= 0.6 is 0 Å². The quantitative estimate of drug-likeness (QED) is 0.866. The van der Waals surface area contributed by atoms with Gasteiger partial charge in [0.05, 0.1) is 6.20 Å². The lowest BCUT2D eigenvalue weighted by Crippen LogP contribution is -2.30. The molecule has 1 N–H and O–H groups in total. The minimum Gasteiger partial charge on any atom is -0.339 e. The van der Waals surface area contributed by atoms with Crippen molar-refractivity contribution in [3.05, 3.63) is 30.0 Å². The Balaban J connectivity index is 2.08. The molecular weight excluding hydrogens is 247 g/mol. The minimum atomic E-state index is -0.384. The van der Waals surface area contributed by atoms with Crippen LogP contribution in [0.15, 0.2) is 22.9 Å². The van der Waals surface area contributed by atoms with Gasteiger partial charge in [-0.3, -0.25) is 0 Å². The molecule has 2 heterocycles. The van der Waals surface area contributed by atoms with E-state index in [1.54, 1.807) is 0 Å². The maximum atomic E-state index is 12.8. The Hall–Kier alpha value is -1.82. The zero-order valence-corrected chi connectivity index (χ0v) is 11.1. The van der Waals surface area contributed by atoms with Crippen LogP contribution in [-0.2, 0) is 6.42 Å². The first-order valence-electron chi connectivity index (χ1n) is 6.40. The van der Waals surface area contributed by atoms with Crippen molar-refractivity contribution in [3.63, 3.8) is 0 Å². The first-order valence-corrected chi connectivity index (χ1v) is 6.40. The van der Waals surface area contributed by atoms with Gasteiger partial charge in [0.25, 0.3) is 0 Å². The van der Waals surface area contributed by atoms with E-state index in [0.717, 1.165) is 19.2 Å². The molecule has 0 aliphatic carbocycles. The number of nitrogens with zero attached hydrogens (tertiary/aromatic N) is 3. The summed E-state index contributed by atoms with van der Waals surface area (Å²) in [5.74, 6) is 0.570. The molecule has 2 aromatic heterocycles. The van der Waals surface area contributed by atoms with E-state index < -0.39 is 0 Å². The summed E-state index contributed by atoms with van der Waals surface area (Å²) in [7, 11) is 0. The summed E-state index contributed by atoms with van der Waals surface area (Å²) in [6, 6.07) is 3.18. The molecule has 2 aromatic rings. The van der Waals surface area contributed by atoms with Crippen LogP contribution in [0.1, 0.15) is 26.2 Å². The van der Waals surface area contributed by atoms with Crippen LogP contribution in [0.4, 0.5) is 4.39 Å². The highest BCUT2D eigenvalue weighted by molar-refractivity contribution is 5.47. The lowest BCUT2D eigenvalue weighted by Gasteiger charge is -2.12. The molecule has 0 aliphatic heterocycles. The van der Waals surface area contributed by atoms with E-state index in [-0.39, 0.29) is 5.82 Å². The summed E-state index contributed by atoms with van der Waals surface area (Å²) in [6.07, 6.45) is 2.80.